The molecule has 0 radical (unpaired) electrons. The summed E-state index contributed by atoms with van der Waals surface area (Å²) in [5, 5.41) is 11.6. The molecule has 1 aromatic carbocycles. The molecule has 1 unspecified atom stereocenters. The van der Waals surface area contributed by atoms with Crippen molar-refractivity contribution in [1.82, 2.24) is 0 Å². The van der Waals surface area contributed by atoms with Crippen molar-refractivity contribution >= 4 is 22.5 Å². The van der Waals surface area contributed by atoms with Gasteiger partial charge >= 0.3 is 5.97 Å². The van der Waals surface area contributed by atoms with Crippen LogP contribution in [0, 0.1) is 5.82 Å². The number of carboxylic acids is 1. The first-order valence-electron chi connectivity index (χ1n) is 5.17. The number of halogens is 1. The van der Waals surface area contributed by atoms with Crippen LogP contribution in [-0.4, -0.2) is 33.3 Å². The van der Waals surface area contributed by atoms with Gasteiger partial charge < -0.3 is 10.4 Å². The normalized spacial score (nSPS) is 12.1. The fourth-order valence-corrected chi connectivity index (χ4v) is 1.93. The van der Waals surface area contributed by atoms with Gasteiger partial charge in [0.25, 0.3) is 0 Å². The van der Waals surface area contributed by atoms with Crippen LogP contribution in [0.1, 0.15) is 17.3 Å². The highest BCUT2D eigenvalue weighted by Gasteiger charge is 2.13. The lowest BCUT2D eigenvalue weighted by Crippen LogP contribution is -2.15. The molecule has 0 aromatic heterocycles. The van der Waals surface area contributed by atoms with Gasteiger partial charge in [-0.25, -0.2) is 9.18 Å². The monoisotopic (exact) mass is 259 g/mol. The van der Waals surface area contributed by atoms with Crippen molar-refractivity contribution in [3.63, 3.8) is 0 Å². The van der Waals surface area contributed by atoms with E-state index in [1.807, 2.05) is 0 Å². The van der Waals surface area contributed by atoms with E-state index in [9.17, 15) is 13.4 Å². The molecule has 6 heteroatoms. The maximum atomic E-state index is 13.4. The molecular weight excluding hydrogens is 245 g/mol. The van der Waals surface area contributed by atoms with Gasteiger partial charge in [0.05, 0.1) is 11.3 Å². The molecule has 0 bridgehead atoms. The number of carboxylic acid groups (broad SMARTS) is 1. The average molecular weight is 259 g/mol. The van der Waals surface area contributed by atoms with Gasteiger partial charge in [-0.05, 0) is 12.1 Å². The molecule has 0 fully saturated rings. The fourth-order valence-electron chi connectivity index (χ4n) is 1.32. The Kier molecular flexibility index (Phi) is 5.09. The minimum absolute atomic E-state index is 0.0481. The summed E-state index contributed by atoms with van der Waals surface area (Å²) in [6, 6.07) is 3.85. The maximum absolute atomic E-state index is 13.4. The first-order chi connectivity index (χ1) is 8.06. The van der Waals surface area contributed by atoms with E-state index >= 15 is 0 Å². The lowest BCUT2D eigenvalue weighted by Gasteiger charge is -2.09. The van der Waals surface area contributed by atoms with E-state index in [0.717, 1.165) is 0 Å². The summed E-state index contributed by atoms with van der Waals surface area (Å²) in [5.41, 5.74) is -0.166. The molecule has 1 rings (SSSR count). The third-order valence-electron chi connectivity index (χ3n) is 2.20. The van der Waals surface area contributed by atoms with E-state index in [1.165, 1.54) is 18.2 Å². The quantitative estimate of drug-likeness (QED) is 0.816. The second-order valence-corrected chi connectivity index (χ2v) is 5.19. The Labute approximate surface area is 101 Å². The Morgan fingerprint density at radius 1 is 1.53 bits per heavy atom. The Hall–Kier alpha value is -1.43. The predicted molar refractivity (Wildman–Crippen MR) is 65.4 cm³/mol. The first-order valence-corrected chi connectivity index (χ1v) is 6.65. The molecule has 1 aromatic rings. The van der Waals surface area contributed by atoms with Crippen LogP contribution in [0.25, 0.3) is 0 Å². The highest BCUT2D eigenvalue weighted by atomic mass is 32.2. The van der Waals surface area contributed by atoms with Crippen LogP contribution >= 0.6 is 0 Å². The smallest absolute Gasteiger partial charge is 0.337 e. The third kappa shape index (κ3) is 3.81. The number of rotatable bonds is 6. The van der Waals surface area contributed by atoms with Crippen molar-refractivity contribution < 1.29 is 18.5 Å². The van der Waals surface area contributed by atoms with Crippen LogP contribution in [0.15, 0.2) is 18.2 Å². The molecule has 0 amide bonds. The van der Waals surface area contributed by atoms with Crippen LogP contribution in [0.5, 0.6) is 0 Å². The zero-order valence-corrected chi connectivity index (χ0v) is 10.2. The summed E-state index contributed by atoms with van der Waals surface area (Å²) in [6.45, 7) is 2.07. The van der Waals surface area contributed by atoms with Crippen LogP contribution in [0.4, 0.5) is 10.1 Å². The van der Waals surface area contributed by atoms with E-state index in [2.05, 4.69) is 5.32 Å². The van der Waals surface area contributed by atoms with E-state index < -0.39 is 22.6 Å². The number of nitrogens with one attached hydrogen (secondary N) is 1. The molecule has 0 saturated carbocycles. The zero-order chi connectivity index (χ0) is 12.8. The molecule has 94 valence electrons. The Balaban J connectivity index is 2.76. The number of hydrogen-bond acceptors (Lipinski definition) is 3. The average Bonchev–Trinajstić information content (AvgIpc) is 2.30. The summed E-state index contributed by atoms with van der Waals surface area (Å²) in [4.78, 5) is 10.9. The van der Waals surface area contributed by atoms with Crippen molar-refractivity contribution in [2.24, 2.45) is 0 Å². The standard InChI is InChI=1S/C11H14FNO3S/c1-2-17(16)7-6-13-10-8(11(14)15)4-3-5-9(10)12/h3-5,13H,2,6-7H2,1H3,(H,14,15). The van der Waals surface area contributed by atoms with Gasteiger partial charge in [0.2, 0.25) is 0 Å². The first kappa shape index (κ1) is 13.6. The number of para-hydroxylation sites is 1. The predicted octanol–water partition coefficient (Wildman–Crippen LogP) is 1.70. The summed E-state index contributed by atoms with van der Waals surface area (Å²) in [6.07, 6.45) is 0. The molecule has 0 saturated heterocycles. The molecular formula is C11H14FNO3S. The van der Waals surface area contributed by atoms with Crippen LogP contribution in [0.3, 0.4) is 0 Å². The number of anilines is 1. The Morgan fingerprint density at radius 3 is 2.82 bits per heavy atom. The van der Waals surface area contributed by atoms with Gasteiger partial charge in [-0.2, -0.15) is 0 Å². The van der Waals surface area contributed by atoms with Crippen molar-refractivity contribution in [1.29, 1.82) is 0 Å². The highest BCUT2D eigenvalue weighted by molar-refractivity contribution is 7.84. The fraction of sp³-hybridized carbons (Fsp3) is 0.364. The number of hydrogen-bond donors (Lipinski definition) is 2. The largest absolute Gasteiger partial charge is 0.478 e. The molecule has 0 heterocycles. The number of carbonyl (C=O) groups is 1. The second kappa shape index (κ2) is 6.34. The van der Waals surface area contributed by atoms with E-state index in [4.69, 9.17) is 5.11 Å². The second-order valence-electron chi connectivity index (χ2n) is 3.33. The molecule has 0 aliphatic heterocycles. The summed E-state index contributed by atoms with van der Waals surface area (Å²) >= 11 is 0. The van der Waals surface area contributed by atoms with Crippen molar-refractivity contribution in [3.8, 4) is 0 Å². The molecule has 2 N–H and O–H groups in total. The topological polar surface area (TPSA) is 66.4 Å². The van der Waals surface area contributed by atoms with Gasteiger partial charge in [-0.3, -0.25) is 4.21 Å². The lowest BCUT2D eigenvalue weighted by molar-refractivity contribution is 0.0697. The minimum atomic E-state index is -1.19. The summed E-state index contributed by atoms with van der Waals surface area (Å²) < 4.78 is 24.6. The molecule has 1 atom stereocenters. The zero-order valence-electron chi connectivity index (χ0n) is 9.40. The van der Waals surface area contributed by atoms with Crippen molar-refractivity contribution in [2.45, 2.75) is 6.92 Å². The van der Waals surface area contributed by atoms with E-state index in [0.29, 0.717) is 11.5 Å². The Morgan fingerprint density at radius 2 is 2.24 bits per heavy atom. The summed E-state index contributed by atoms with van der Waals surface area (Å²) in [7, 11) is -0.957. The third-order valence-corrected chi connectivity index (χ3v) is 3.50. The van der Waals surface area contributed by atoms with Crippen LogP contribution < -0.4 is 5.32 Å². The van der Waals surface area contributed by atoms with E-state index in [1.54, 1.807) is 6.92 Å². The van der Waals surface area contributed by atoms with Gasteiger partial charge in [-0.15, -0.1) is 0 Å². The minimum Gasteiger partial charge on any atom is -0.478 e. The van der Waals surface area contributed by atoms with Gasteiger partial charge in [0, 0.05) is 28.9 Å². The van der Waals surface area contributed by atoms with Gasteiger partial charge in [0.1, 0.15) is 5.82 Å². The lowest BCUT2D eigenvalue weighted by atomic mass is 10.1. The number of benzene rings is 1. The molecule has 0 spiro atoms. The van der Waals surface area contributed by atoms with E-state index in [-0.39, 0.29) is 17.8 Å². The molecule has 0 aliphatic rings. The highest BCUT2D eigenvalue weighted by Crippen LogP contribution is 2.19. The molecule has 4 nitrogen and oxygen atoms in total. The molecule has 0 aliphatic carbocycles. The number of aromatic carboxylic acids is 1. The van der Waals surface area contributed by atoms with Crippen LogP contribution in [-0.2, 0) is 10.8 Å². The van der Waals surface area contributed by atoms with Gasteiger partial charge in [-0.1, -0.05) is 13.0 Å². The van der Waals surface area contributed by atoms with Crippen molar-refractivity contribution in [2.75, 3.05) is 23.4 Å². The molecule has 17 heavy (non-hydrogen) atoms. The Bertz CT molecular complexity index is 437. The SMILES string of the molecule is CCS(=O)CCNc1c(F)cccc1C(=O)O. The van der Waals surface area contributed by atoms with Crippen molar-refractivity contribution in [3.05, 3.63) is 29.6 Å². The van der Waals surface area contributed by atoms with Crippen LogP contribution in [0.2, 0.25) is 0 Å². The maximum Gasteiger partial charge on any atom is 0.337 e. The van der Waals surface area contributed by atoms with Gasteiger partial charge in [0.15, 0.2) is 0 Å². The summed E-state index contributed by atoms with van der Waals surface area (Å²) in [5.74, 6) is -0.912.